The van der Waals surface area contributed by atoms with E-state index in [0.29, 0.717) is 13.2 Å². The number of nitrogens with zero attached hydrogens (tertiary/aromatic N) is 1. The zero-order valence-corrected chi connectivity index (χ0v) is 12.0. The van der Waals surface area contributed by atoms with E-state index in [2.05, 4.69) is 4.90 Å². The van der Waals surface area contributed by atoms with Gasteiger partial charge >= 0.3 is 0 Å². The Bertz CT molecular complexity index is 284. The van der Waals surface area contributed by atoms with Crippen LogP contribution in [0.5, 0.6) is 0 Å². The second-order valence-corrected chi connectivity index (χ2v) is 5.13. The molecule has 0 aliphatic carbocycles. The fourth-order valence-corrected chi connectivity index (χ4v) is 2.45. The van der Waals surface area contributed by atoms with E-state index in [1.54, 1.807) is 25.6 Å². The molecular formula is C13H23NO3S. The summed E-state index contributed by atoms with van der Waals surface area (Å²) in [4.78, 5) is 3.29. The summed E-state index contributed by atoms with van der Waals surface area (Å²) in [5.41, 5.74) is 0. The van der Waals surface area contributed by atoms with Crippen LogP contribution >= 0.6 is 11.3 Å². The third kappa shape index (κ3) is 5.93. The van der Waals surface area contributed by atoms with E-state index in [1.165, 1.54) is 0 Å². The van der Waals surface area contributed by atoms with Crippen molar-refractivity contribution in [1.82, 2.24) is 4.90 Å². The summed E-state index contributed by atoms with van der Waals surface area (Å²) in [7, 11) is 3.41. The predicted octanol–water partition coefficient (Wildman–Crippen LogP) is 1.77. The minimum absolute atomic E-state index is 0.363. The Morgan fingerprint density at radius 1 is 1.22 bits per heavy atom. The van der Waals surface area contributed by atoms with Gasteiger partial charge in [-0.05, 0) is 17.9 Å². The van der Waals surface area contributed by atoms with Crippen LogP contribution in [0.1, 0.15) is 17.4 Å². The average Bonchev–Trinajstić information content (AvgIpc) is 2.91. The van der Waals surface area contributed by atoms with Gasteiger partial charge in [0.1, 0.15) is 0 Å². The molecule has 1 unspecified atom stereocenters. The van der Waals surface area contributed by atoms with Gasteiger partial charge in [-0.15, -0.1) is 11.3 Å². The first kappa shape index (κ1) is 15.6. The number of ether oxygens (including phenoxy) is 2. The molecule has 5 heteroatoms. The molecule has 0 saturated heterocycles. The van der Waals surface area contributed by atoms with Crippen LogP contribution in [-0.4, -0.2) is 57.1 Å². The van der Waals surface area contributed by atoms with Crippen LogP contribution in [0.15, 0.2) is 17.5 Å². The molecule has 0 fully saturated rings. The standard InChI is InChI=1S/C13H23NO3S/c1-16-9-7-14(8-10-17-2)6-5-12(15)13-4-3-11-18-13/h3-4,11-12,15H,5-10H2,1-2H3. The first-order chi connectivity index (χ1) is 8.77. The van der Waals surface area contributed by atoms with Gasteiger partial charge in [0, 0.05) is 38.7 Å². The number of hydrogen-bond acceptors (Lipinski definition) is 5. The molecule has 1 N–H and O–H groups in total. The van der Waals surface area contributed by atoms with Gasteiger partial charge in [-0.1, -0.05) is 6.07 Å². The predicted molar refractivity (Wildman–Crippen MR) is 74.1 cm³/mol. The van der Waals surface area contributed by atoms with E-state index in [-0.39, 0.29) is 6.10 Å². The zero-order valence-electron chi connectivity index (χ0n) is 11.2. The molecule has 1 aromatic rings. The lowest BCUT2D eigenvalue weighted by Gasteiger charge is -2.22. The number of hydrogen-bond donors (Lipinski definition) is 1. The van der Waals surface area contributed by atoms with Crippen LogP contribution in [0.2, 0.25) is 0 Å². The van der Waals surface area contributed by atoms with Crippen molar-refractivity contribution in [1.29, 1.82) is 0 Å². The molecule has 0 amide bonds. The molecule has 0 spiro atoms. The van der Waals surface area contributed by atoms with Crippen molar-refractivity contribution in [3.8, 4) is 0 Å². The van der Waals surface area contributed by atoms with Gasteiger partial charge in [-0.25, -0.2) is 0 Å². The topological polar surface area (TPSA) is 41.9 Å². The lowest BCUT2D eigenvalue weighted by atomic mass is 10.2. The summed E-state index contributed by atoms with van der Waals surface area (Å²) in [6, 6.07) is 3.95. The van der Waals surface area contributed by atoms with Crippen molar-refractivity contribution in [3.05, 3.63) is 22.4 Å². The fraction of sp³-hybridized carbons (Fsp3) is 0.692. The van der Waals surface area contributed by atoms with Crippen molar-refractivity contribution in [2.75, 3.05) is 47.1 Å². The van der Waals surface area contributed by atoms with Crippen LogP contribution in [-0.2, 0) is 9.47 Å². The van der Waals surface area contributed by atoms with Crippen LogP contribution in [0.4, 0.5) is 0 Å². The van der Waals surface area contributed by atoms with Gasteiger partial charge in [-0.3, -0.25) is 4.90 Å². The number of rotatable bonds is 10. The maximum Gasteiger partial charge on any atom is 0.0894 e. The number of methoxy groups -OCH3 is 2. The van der Waals surface area contributed by atoms with Crippen molar-refractivity contribution in [2.24, 2.45) is 0 Å². The van der Waals surface area contributed by atoms with E-state index in [0.717, 1.165) is 30.9 Å². The van der Waals surface area contributed by atoms with Gasteiger partial charge < -0.3 is 14.6 Å². The highest BCUT2D eigenvalue weighted by Gasteiger charge is 2.11. The van der Waals surface area contributed by atoms with Gasteiger partial charge in [0.05, 0.1) is 19.3 Å². The Kier molecular flexibility index (Phi) is 8.20. The van der Waals surface area contributed by atoms with Crippen molar-refractivity contribution in [2.45, 2.75) is 12.5 Å². The monoisotopic (exact) mass is 273 g/mol. The summed E-state index contributed by atoms with van der Waals surface area (Å²) >= 11 is 1.60. The van der Waals surface area contributed by atoms with Gasteiger partial charge in [0.2, 0.25) is 0 Å². The molecule has 4 nitrogen and oxygen atoms in total. The zero-order chi connectivity index (χ0) is 13.2. The minimum Gasteiger partial charge on any atom is -0.388 e. The van der Waals surface area contributed by atoms with E-state index < -0.39 is 0 Å². The van der Waals surface area contributed by atoms with Crippen LogP contribution in [0, 0.1) is 0 Å². The first-order valence-electron chi connectivity index (χ1n) is 6.19. The first-order valence-corrected chi connectivity index (χ1v) is 7.07. The largest absolute Gasteiger partial charge is 0.388 e. The van der Waals surface area contributed by atoms with Crippen molar-refractivity contribution < 1.29 is 14.6 Å². The summed E-state index contributed by atoms with van der Waals surface area (Å²) in [6.07, 6.45) is 0.381. The molecular weight excluding hydrogens is 250 g/mol. The quantitative estimate of drug-likeness (QED) is 0.705. The van der Waals surface area contributed by atoms with Crippen LogP contribution < -0.4 is 0 Å². The van der Waals surface area contributed by atoms with Gasteiger partial charge in [0.15, 0.2) is 0 Å². The fourth-order valence-electron chi connectivity index (χ4n) is 1.70. The van der Waals surface area contributed by atoms with Crippen LogP contribution in [0.3, 0.4) is 0 Å². The van der Waals surface area contributed by atoms with Gasteiger partial charge in [-0.2, -0.15) is 0 Å². The molecule has 0 aromatic carbocycles. The number of thiophene rings is 1. The third-order valence-corrected chi connectivity index (χ3v) is 3.79. The van der Waals surface area contributed by atoms with E-state index in [4.69, 9.17) is 9.47 Å². The molecule has 0 bridgehead atoms. The molecule has 104 valence electrons. The van der Waals surface area contributed by atoms with Crippen molar-refractivity contribution >= 4 is 11.3 Å². The molecule has 0 aliphatic heterocycles. The smallest absolute Gasteiger partial charge is 0.0894 e. The summed E-state index contributed by atoms with van der Waals surface area (Å²) in [6.45, 7) is 4.01. The Morgan fingerprint density at radius 2 is 1.89 bits per heavy atom. The molecule has 0 saturated carbocycles. The molecule has 0 radical (unpaired) electrons. The lowest BCUT2D eigenvalue weighted by molar-refractivity contribution is 0.0953. The molecule has 1 heterocycles. The summed E-state index contributed by atoms with van der Waals surface area (Å²) < 4.78 is 10.2. The Labute approximate surface area is 113 Å². The van der Waals surface area contributed by atoms with Crippen LogP contribution in [0.25, 0.3) is 0 Å². The van der Waals surface area contributed by atoms with Crippen molar-refractivity contribution in [3.63, 3.8) is 0 Å². The van der Waals surface area contributed by atoms with E-state index >= 15 is 0 Å². The minimum atomic E-state index is -0.363. The van der Waals surface area contributed by atoms with Gasteiger partial charge in [0.25, 0.3) is 0 Å². The maximum absolute atomic E-state index is 10.0. The highest BCUT2D eigenvalue weighted by atomic mass is 32.1. The molecule has 1 aromatic heterocycles. The highest BCUT2D eigenvalue weighted by molar-refractivity contribution is 7.10. The van der Waals surface area contributed by atoms with E-state index in [9.17, 15) is 5.11 Å². The molecule has 18 heavy (non-hydrogen) atoms. The number of aliphatic hydroxyl groups is 1. The van der Waals surface area contributed by atoms with E-state index in [1.807, 2.05) is 17.5 Å². The maximum atomic E-state index is 10.0. The number of aliphatic hydroxyl groups excluding tert-OH is 1. The molecule has 0 aliphatic rings. The molecule has 1 rings (SSSR count). The third-order valence-electron chi connectivity index (χ3n) is 2.81. The Morgan fingerprint density at radius 3 is 2.39 bits per heavy atom. The normalized spacial score (nSPS) is 13.1. The summed E-state index contributed by atoms with van der Waals surface area (Å²) in [5, 5.41) is 12.0. The second-order valence-electron chi connectivity index (χ2n) is 4.15. The SMILES string of the molecule is COCCN(CCOC)CCC(O)c1cccs1. The second kappa shape index (κ2) is 9.47. The summed E-state index contributed by atoms with van der Waals surface area (Å²) in [5.74, 6) is 0. The Balaban J connectivity index is 2.30. The molecule has 1 atom stereocenters. The average molecular weight is 273 g/mol. The Hall–Kier alpha value is -0.460. The highest BCUT2D eigenvalue weighted by Crippen LogP contribution is 2.21. The lowest BCUT2D eigenvalue weighted by Crippen LogP contribution is -2.32.